The third-order valence-corrected chi connectivity index (χ3v) is 3.74. The van der Waals surface area contributed by atoms with Crippen LogP contribution in [0.2, 0.25) is 0 Å². The van der Waals surface area contributed by atoms with Gasteiger partial charge in [0.25, 0.3) is 5.91 Å². The Hall–Kier alpha value is -1.26. The minimum absolute atomic E-state index is 0. The Labute approximate surface area is 133 Å². The van der Waals surface area contributed by atoms with E-state index in [0.717, 1.165) is 13.0 Å². The Morgan fingerprint density at radius 3 is 2.67 bits per heavy atom. The minimum atomic E-state index is 0. The molecule has 1 aromatic carbocycles. The first-order valence-corrected chi connectivity index (χ1v) is 7.29. The first-order chi connectivity index (χ1) is 9.52. The van der Waals surface area contributed by atoms with Crippen LogP contribution in [-0.4, -0.2) is 36.0 Å². The molecule has 1 saturated heterocycles. The van der Waals surface area contributed by atoms with Crippen molar-refractivity contribution in [3.63, 3.8) is 0 Å². The van der Waals surface area contributed by atoms with Crippen LogP contribution in [0.15, 0.2) is 24.3 Å². The van der Waals surface area contributed by atoms with Gasteiger partial charge >= 0.3 is 0 Å². The zero-order valence-corrected chi connectivity index (χ0v) is 13.7. The number of rotatable bonds is 4. The number of nitrogens with two attached hydrogens (primary N) is 1. The molecule has 0 aliphatic carbocycles. The highest BCUT2D eigenvalue weighted by Crippen LogP contribution is 2.27. The number of para-hydroxylation sites is 1. The predicted molar refractivity (Wildman–Crippen MR) is 87.1 cm³/mol. The Bertz CT molecular complexity index is 479. The number of hydrogen-bond acceptors (Lipinski definition) is 3. The minimum Gasteiger partial charge on any atom is -0.490 e. The molecule has 2 atom stereocenters. The summed E-state index contributed by atoms with van der Waals surface area (Å²) in [6.07, 6.45) is 1.03. The van der Waals surface area contributed by atoms with E-state index in [1.54, 1.807) is 0 Å². The Morgan fingerprint density at radius 2 is 2.10 bits per heavy atom. The van der Waals surface area contributed by atoms with Crippen molar-refractivity contribution in [2.75, 3.05) is 13.1 Å². The average Bonchev–Trinajstić information content (AvgIpc) is 2.79. The van der Waals surface area contributed by atoms with Gasteiger partial charge in [0.1, 0.15) is 5.75 Å². The summed E-state index contributed by atoms with van der Waals surface area (Å²) in [5.74, 6) is 1.12. The van der Waals surface area contributed by atoms with Gasteiger partial charge in [-0.15, -0.1) is 12.4 Å². The maximum Gasteiger partial charge on any atom is 0.257 e. The lowest BCUT2D eigenvalue weighted by atomic mass is 10.1. The summed E-state index contributed by atoms with van der Waals surface area (Å²) in [5, 5.41) is 0. The number of benzene rings is 1. The molecule has 1 fully saturated rings. The average molecular weight is 313 g/mol. The van der Waals surface area contributed by atoms with Crippen molar-refractivity contribution in [2.45, 2.75) is 39.3 Å². The standard InChI is InChI=1S/C16H24N2O2.ClH/c1-11(2)20-15-7-5-4-6-14(15)16(19)18-10-13(9-17)8-12(18)3;/h4-7,11-13H,8-10,17H2,1-3H3;1H. The van der Waals surface area contributed by atoms with Gasteiger partial charge in [-0.2, -0.15) is 0 Å². The summed E-state index contributed by atoms with van der Waals surface area (Å²) >= 11 is 0. The first-order valence-electron chi connectivity index (χ1n) is 7.29. The molecule has 2 N–H and O–H groups in total. The highest BCUT2D eigenvalue weighted by molar-refractivity contribution is 5.97. The highest BCUT2D eigenvalue weighted by Gasteiger charge is 2.33. The summed E-state index contributed by atoms with van der Waals surface area (Å²) in [6.45, 7) is 7.39. The van der Waals surface area contributed by atoms with E-state index in [-0.39, 0.29) is 30.5 Å². The number of ether oxygens (including phenoxy) is 1. The maximum absolute atomic E-state index is 12.7. The Balaban J connectivity index is 0.00000220. The number of amides is 1. The van der Waals surface area contributed by atoms with E-state index in [4.69, 9.17) is 10.5 Å². The molecular weight excluding hydrogens is 288 g/mol. The fourth-order valence-electron chi connectivity index (χ4n) is 2.75. The summed E-state index contributed by atoms with van der Waals surface area (Å²) in [7, 11) is 0. The van der Waals surface area contributed by atoms with Crippen LogP contribution >= 0.6 is 12.4 Å². The topological polar surface area (TPSA) is 55.6 Å². The van der Waals surface area contributed by atoms with Crippen LogP contribution in [0.5, 0.6) is 5.75 Å². The van der Waals surface area contributed by atoms with Crippen LogP contribution in [-0.2, 0) is 0 Å². The number of carbonyl (C=O) groups excluding carboxylic acids is 1. The van der Waals surface area contributed by atoms with Gasteiger partial charge in [0, 0.05) is 12.6 Å². The first kappa shape index (κ1) is 17.8. The molecular formula is C16H25ClN2O2. The van der Waals surface area contributed by atoms with Gasteiger partial charge < -0.3 is 15.4 Å². The van der Waals surface area contributed by atoms with Gasteiger partial charge in [0.05, 0.1) is 11.7 Å². The third-order valence-electron chi connectivity index (χ3n) is 3.74. The fraction of sp³-hybridized carbons (Fsp3) is 0.562. The van der Waals surface area contributed by atoms with Crippen molar-refractivity contribution < 1.29 is 9.53 Å². The normalized spacial score (nSPS) is 21.3. The van der Waals surface area contributed by atoms with Crippen molar-refractivity contribution >= 4 is 18.3 Å². The van der Waals surface area contributed by atoms with Crippen molar-refractivity contribution in [1.29, 1.82) is 0 Å². The van der Waals surface area contributed by atoms with E-state index >= 15 is 0 Å². The van der Waals surface area contributed by atoms with Gasteiger partial charge in [0.15, 0.2) is 0 Å². The molecule has 0 aromatic heterocycles. The van der Waals surface area contributed by atoms with Gasteiger partial charge in [-0.1, -0.05) is 12.1 Å². The largest absolute Gasteiger partial charge is 0.490 e. The summed E-state index contributed by atoms with van der Waals surface area (Å²) in [6, 6.07) is 7.70. The number of likely N-dealkylation sites (tertiary alicyclic amines) is 1. The SMILES string of the molecule is CC(C)Oc1ccccc1C(=O)N1CC(CN)CC1C.Cl. The second-order valence-corrected chi connectivity index (χ2v) is 5.81. The van der Waals surface area contributed by atoms with E-state index in [0.29, 0.717) is 23.8 Å². The summed E-state index contributed by atoms with van der Waals surface area (Å²) in [5.41, 5.74) is 6.37. The maximum atomic E-state index is 12.7. The number of hydrogen-bond donors (Lipinski definition) is 1. The molecule has 4 nitrogen and oxygen atoms in total. The molecule has 1 heterocycles. The predicted octanol–water partition coefficient (Wildman–Crippen LogP) is 2.70. The lowest BCUT2D eigenvalue weighted by molar-refractivity contribution is 0.0737. The molecule has 118 valence electrons. The molecule has 5 heteroatoms. The van der Waals surface area contributed by atoms with Crippen LogP contribution in [0.25, 0.3) is 0 Å². The van der Waals surface area contributed by atoms with E-state index in [9.17, 15) is 4.79 Å². The van der Waals surface area contributed by atoms with Crippen molar-refractivity contribution in [3.05, 3.63) is 29.8 Å². The monoisotopic (exact) mass is 312 g/mol. The quantitative estimate of drug-likeness (QED) is 0.930. The molecule has 1 amide bonds. The molecule has 0 saturated carbocycles. The van der Waals surface area contributed by atoms with Crippen LogP contribution in [0.3, 0.4) is 0 Å². The van der Waals surface area contributed by atoms with Crippen LogP contribution in [0.4, 0.5) is 0 Å². The molecule has 0 bridgehead atoms. The molecule has 2 rings (SSSR count). The zero-order valence-electron chi connectivity index (χ0n) is 12.9. The zero-order chi connectivity index (χ0) is 14.7. The molecule has 0 spiro atoms. The molecule has 1 aromatic rings. The molecule has 2 unspecified atom stereocenters. The Kier molecular flexibility index (Phi) is 6.49. The second kappa shape index (κ2) is 7.66. The van der Waals surface area contributed by atoms with Crippen LogP contribution in [0.1, 0.15) is 37.6 Å². The molecule has 1 aliphatic heterocycles. The second-order valence-electron chi connectivity index (χ2n) is 5.81. The van der Waals surface area contributed by atoms with Gasteiger partial charge in [-0.25, -0.2) is 0 Å². The van der Waals surface area contributed by atoms with E-state index in [2.05, 4.69) is 6.92 Å². The fourth-order valence-corrected chi connectivity index (χ4v) is 2.75. The molecule has 21 heavy (non-hydrogen) atoms. The van der Waals surface area contributed by atoms with E-state index < -0.39 is 0 Å². The van der Waals surface area contributed by atoms with E-state index in [1.807, 2.05) is 43.0 Å². The van der Waals surface area contributed by atoms with Crippen molar-refractivity contribution in [3.8, 4) is 5.75 Å². The number of halogens is 1. The molecule has 1 aliphatic rings. The van der Waals surface area contributed by atoms with Crippen LogP contribution < -0.4 is 10.5 Å². The van der Waals surface area contributed by atoms with Crippen molar-refractivity contribution in [2.24, 2.45) is 11.7 Å². The van der Waals surface area contributed by atoms with Crippen molar-refractivity contribution in [1.82, 2.24) is 4.90 Å². The Morgan fingerprint density at radius 1 is 1.43 bits per heavy atom. The lowest BCUT2D eigenvalue weighted by Crippen LogP contribution is -2.34. The highest BCUT2D eigenvalue weighted by atomic mass is 35.5. The van der Waals surface area contributed by atoms with Gasteiger partial charge in [-0.3, -0.25) is 4.79 Å². The van der Waals surface area contributed by atoms with Gasteiger partial charge in [0.2, 0.25) is 0 Å². The summed E-state index contributed by atoms with van der Waals surface area (Å²) in [4.78, 5) is 14.6. The lowest BCUT2D eigenvalue weighted by Gasteiger charge is -2.23. The number of carbonyl (C=O) groups is 1. The number of nitrogens with zero attached hydrogens (tertiary/aromatic N) is 1. The third kappa shape index (κ3) is 4.11. The van der Waals surface area contributed by atoms with Crippen LogP contribution in [0, 0.1) is 5.92 Å². The van der Waals surface area contributed by atoms with E-state index in [1.165, 1.54) is 0 Å². The van der Waals surface area contributed by atoms with Gasteiger partial charge in [-0.05, 0) is 51.8 Å². The summed E-state index contributed by atoms with van der Waals surface area (Å²) < 4.78 is 5.74. The smallest absolute Gasteiger partial charge is 0.257 e. The molecule has 0 radical (unpaired) electrons.